The van der Waals surface area contributed by atoms with Crippen molar-refractivity contribution in [2.75, 3.05) is 33.2 Å². The van der Waals surface area contributed by atoms with Gasteiger partial charge < -0.3 is 10.0 Å². The normalized spacial score (nSPS) is 21.8. The second-order valence-corrected chi connectivity index (χ2v) is 7.46. The van der Waals surface area contributed by atoms with E-state index in [-0.39, 0.29) is 5.54 Å². The van der Waals surface area contributed by atoms with Crippen LogP contribution >= 0.6 is 0 Å². The van der Waals surface area contributed by atoms with E-state index >= 15 is 0 Å². The van der Waals surface area contributed by atoms with Gasteiger partial charge in [-0.25, -0.2) is 0 Å². The molecule has 25 heavy (non-hydrogen) atoms. The maximum absolute atomic E-state index is 10.5. The van der Waals surface area contributed by atoms with E-state index in [1.807, 2.05) is 12.1 Å². The summed E-state index contributed by atoms with van der Waals surface area (Å²) in [6, 6.07) is 12.8. The van der Waals surface area contributed by atoms with Crippen LogP contribution < -0.4 is 0 Å². The fraction of sp³-hybridized carbons (Fsp3) is 0.476. The highest BCUT2D eigenvalue weighted by Gasteiger charge is 2.42. The Kier molecular flexibility index (Phi) is 4.59. The molecule has 2 aromatic rings. The van der Waals surface area contributed by atoms with Gasteiger partial charge in [-0.15, -0.1) is 0 Å². The number of fused-ring (bicyclic) bond motifs is 2. The van der Waals surface area contributed by atoms with Gasteiger partial charge in [-0.2, -0.15) is 0 Å². The number of piperidine rings is 1. The number of aromatic nitrogens is 1. The first-order valence-corrected chi connectivity index (χ1v) is 9.29. The van der Waals surface area contributed by atoms with Gasteiger partial charge in [0, 0.05) is 44.1 Å². The maximum atomic E-state index is 10.5. The molecular formula is C21H27N3O. The predicted molar refractivity (Wildman–Crippen MR) is 99.3 cm³/mol. The summed E-state index contributed by atoms with van der Waals surface area (Å²) in [6.45, 7) is 3.89. The molecule has 1 aromatic carbocycles. The van der Waals surface area contributed by atoms with Gasteiger partial charge in [0.2, 0.25) is 0 Å². The van der Waals surface area contributed by atoms with Crippen molar-refractivity contribution in [2.24, 2.45) is 0 Å². The molecule has 3 heterocycles. The minimum atomic E-state index is -0.437. The van der Waals surface area contributed by atoms with E-state index in [1.165, 1.54) is 11.1 Å². The van der Waals surface area contributed by atoms with Crippen molar-refractivity contribution in [3.8, 4) is 0 Å². The van der Waals surface area contributed by atoms with Crippen LogP contribution in [0.3, 0.4) is 0 Å². The molecule has 0 aliphatic carbocycles. The van der Waals surface area contributed by atoms with Crippen LogP contribution in [0.25, 0.3) is 0 Å². The molecule has 1 saturated heterocycles. The molecule has 132 valence electrons. The average Bonchev–Trinajstić information content (AvgIpc) is 2.67. The zero-order valence-electron chi connectivity index (χ0n) is 14.9. The van der Waals surface area contributed by atoms with Crippen molar-refractivity contribution in [1.82, 2.24) is 14.8 Å². The van der Waals surface area contributed by atoms with Crippen molar-refractivity contribution in [3.05, 3.63) is 65.5 Å². The Labute approximate surface area is 150 Å². The van der Waals surface area contributed by atoms with Gasteiger partial charge in [0.05, 0.1) is 6.10 Å². The van der Waals surface area contributed by atoms with Gasteiger partial charge >= 0.3 is 0 Å². The number of aliphatic hydroxyl groups is 1. The molecule has 0 amide bonds. The average molecular weight is 337 g/mol. The molecule has 0 bridgehead atoms. The van der Waals surface area contributed by atoms with E-state index in [0.29, 0.717) is 6.54 Å². The van der Waals surface area contributed by atoms with Crippen LogP contribution in [0.5, 0.6) is 0 Å². The molecule has 2 aliphatic heterocycles. The van der Waals surface area contributed by atoms with E-state index in [0.717, 1.165) is 44.5 Å². The molecular weight excluding hydrogens is 310 g/mol. The van der Waals surface area contributed by atoms with Gasteiger partial charge in [-0.05, 0) is 55.1 Å². The Morgan fingerprint density at radius 2 is 1.80 bits per heavy atom. The van der Waals surface area contributed by atoms with E-state index in [9.17, 15) is 5.11 Å². The fourth-order valence-corrected chi connectivity index (χ4v) is 4.59. The molecule has 4 rings (SSSR count). The molecule has 0 radical (unpaired) electrons. The molecule has 1 fully saturated rings. The molecule has 4 heteroatoms. The van der Waals surface area contributed by atoms with Crippen molar-refractivity contribution >= 4 is 0 Å². The molecule has 2 aliphatic rings. The summed E-state index contributed by atoms with van der Waals surface area (Å²) in [5.74, 6) is 0. The van der Waals surface area contributed by atoms with Crippen LogP contribution in [0.15, 0.2) is 48.8 Å². The summed E-state index contributed by atoms with van der Waals surface area (Å²) in [6.07, 6.45) is 6.47. The number of rotatable bonds is 3. The molecule has 0 unspecified atom stereocenters. The molecule has 1 spiro atoms. The van der Waals surface area contributed by atoms with E-state index in [4.69, 9.17) is 0 Å². The van der Waals surface area contributed by atoms with Crippen LogP contribution in [0, 0.1) is 0 Å². The number of hydrogen-bond acceptors (Lipinski definition) is 4. The highest BCUT2D eigenvalue weighted by atomic mass is 16.3. The summed E-state index contributed by atoms with van der Waals surface area (Å²) in [4.78, 5) is 9.00. The molecule has 4 nitrogen and oxygen atoms in total. The summed E-state index contributed by atoms with van der Waals surface area (Å²) < 4.78 is 0. The number of pyridine rings is 1. The number of likely N-dealkylation sites (N-methyl/N-ethyl adjacent to an activating group) is 1. The molecule has 1 N–H and O–H groups in total. The summed E-state index contributed by atoms with van der Waals surface area (Å²) in [5.41, 5.74) is 4.17. The van der Waals surface area contributed by atoms with Crippen LogP contribution in [-0.2, 0) is 12.0 Å². The van der Waals surface area contributed by atoms with Crippen LogP contribution in [0.1, 0.15) is 35.6 Å². The summed E-state index contributed by atoms with van der Waals surface area (Å²) in [7, 11) is 2.28. The third-order valence-corrected chi connectivity index (χ3v) is 6.17. The highest BCUT2D eigenvalue weighted by molar-refractivity contribution is 5.37. The third-order valence-electron chi connectivity index (χ3n) is 6.17. The zero-order chi connectivity index (χ0) is 17.3. The number of nitrogens with zero attached hydrogens (tertiary/aromatic N) is 3. The quantitative estimate of drug-likeness (QED) is 0.934. The van der Waals surface area contributed by atoms with Gasteiger partial charge in [0.25, 0.3) is 0 Å². The van der Waals surface area contributed by atoms with Crippen LogP contribution in [-0.4, -0.2) is 53.1 Å². The van der Waals surface area contributed by atoms with Crippen LogP contribution in [0.2, 0.25) is 0 Å². The lowest BCUT2D eigenvalue weighted by atomic mass is 9.74. The molecule has 1 aromatic heterocycles. The maximum Gasteiger partial charge on any atom is 0.0918 e. The lowest BCUT2D eigenvalue weighted by Crippen LogP contribution is -2.55. The Balaban J connectivity index is 1.46. The second-order valence-electron chi connectivity index (χ2n) is 7.46. The number of β-amino-alcohol motifs (C(OH)–C–C–N with tert-alkyl or cyclic N) is 1. The molecule has 0 saturated carbocycles. The number of benzene rings is 1. The largest absolute Gasteiger partial charge is 0.387 e. The second kappa shape index (κ2) is 6.87. The monoisotopic (exact) mass is 337 g/mol. The van der Waals surface area contributed by atoms with Crippen LogP contribution in [0.4, 0.5) is 0 Å². The Morgan fingerprint density at radius 3 is 2.56 bits per heavy atom. The van der Waals surface area contributed by atoms with Gasteiger partial charge in [0.15, 0.2) is 0 Å². The summed E-state index contributed by atoms with van der Waals surface area (Å²) in [5, 5.41) is 10.5. The topological polar surface area (TPSA) is 39.6 Å². The van der Waals surface area contributed by atoms with Gasteiger partial charge in [-0.3, -0.25) is 9.88 Å². The molecule has 1 atom stereocenters. The third kappa shape index (κ3) is 3.10. The van der Waals surface area contributed by atoms with E-state index < -0.39 is 6.10 Å². The number of aliphatic hydroxyl groups excluding tert-OH is 1. The number of likely N-dealkylation sites (tertiary alicyclic amines) is 1. The SMILES string of the molecule is CN1CCc2ccccc2C12CCN(C[C@@H](O)c1ccncc1)CC2. The standard InChI is InChI=1S/C21H27N3O/c1-23-13-8-17-4-2-3-5-19(17)21(23)9-14-24(15-10-21)16-20(25)18-6-11-22-12-7-18/h2-7,11-12,20,25H,8-10,13-16H2,1H3/t20-/m1/s1. The lowest BCUT2D eigenvalue weighted by molar-refractivity contribution is 0.0117. The van der Waals surface area contributed by atoms with Crippen molar-refractivity contribution in [3.63, 3.8) is 0 Å². The van der Waals surface area contributed by atoms with Crippen molar-refractivity contribution < 1.29 is 5.11 Å². The predicted octanol–water partition coefficient (Wildman–Crippen LogP) is 2.59. The Hall–Kier alpha value is -1.75. The first kappa shape index (κ1) is 16.7. The van der Waals surface area contributed by atoms with E-state index in [1.54, 1.807) is 12.4 Å². The van der Waals surface area contributed by atoms with E-state index in [2.05, 4.69) is 46.1 Å². The minimum absolute atomic E-state index is 0.174. The first-order valence-electron chi connectivity index (χ1n) is 9.29. The highest BCUT2D eigenvalue weighted by Crippen LogP contribution is 2.42. The van der Waals surface area contributed by atoms with Crippen molar-refractivity contribution in [2.45, 2.75) is 30.9 Å². The van der Waals surface area contributed by atoms with Gasteiger partial charge in [0.1, 0.15) is 0 Å². The zero-order valence-corrected chi connectivity index (χ0v) is 14.9. The first-order chi connectivity index (χ1) is 12.2. The minimum Gasteiger partial charge on any atom is -0.387 e. The summed E-state index contributed by atoms with van der Waals surface area (Å²) >= 11 is 0. The van der Waals surface area contributed by atoms with Crippen molar-refractivity contribution in [1.29, 1.82) is 0 Å². The fourth-order valence-electron chi connectivity index (χ4n) is 4.59. The lowest BCUT2D eigenvalue weighted by Gasteiger charge is -2.51. The van der Waals surface area contributed by atoms with Gasteiger partial charge in [-0.1, -0.05) is 24.3 Å². The Bertz CT molecular complexity index is 710. The smallest absolute Gasteiger partial charge is 0.0918 e. The number of hydrogen-bond donors (Lipinski definition) is 1. The Morgan fingerprint density at radius 1 is 1.08 bits per heavy atom.